The SMILES string of the molecule is CCC1C=CCC2CC=CC2C1CCC1CC1C. The maximum absolute atomic E-state index is 2.56. The lowest BCUT2D eigenvalue weighted by molar-refractivity contribution is 0.224. The van der Waals surface area contributed by atoms with Gasteiger partial charge in [-0.05, 0) is 74.0 Å². The van der Waals surface area contributed by atoms with Crippen LogP contribution in [0.4, 0.5) is 0 Å². The number of allylic oxidation sites excluding steroid dienone is 4. The first-order valence-corrected chi connectivity index (χ1v) is 8.13. The highest BCUT2D eigenvalue weighted by atomic mass is 14.4. The lowest BCUT2D eigenvalue weighted by Crippen LogP contribution is -2.23. The molecule has 0 aliphatic heterocycles. The normalized spacial score (nSPS) is 45.9. The Morgan fingerprint density at radius 2 is 1.78 bits per heavy atom. The Balaban J connectivity index is 1.68. The number of rotatable bonds is 4. The molecule has 0 radical (unpaired) electrons. The van der Waals surface area contributed by atoms with Gasteiger partial charge in [0.25, 0.3) is 0 Å². The Morgan fingerprint density at radius 1 is 1.06 bits per heavy atom. The topological polar surface area (TPSA) is 0 Å². The first-order valence-electron chi connectivity index (χ1n) is 8.13. The third-order valence-electron chi connectivity index (χ3n) is 5.83. The van der Waals surface area contributed by atoms with Crippen LogP contribution in [0.1, 0.15) is 52.4 Å². The Kier molecular flexibility index (Phi) is 3.63. The van der Waals surface area contributed by atoms with Crippen molar-refractivity contribution in [3.05, 3.63) is 24.3 Å². The summed E-state index contributed by atoms with van der Waals surface area (Å²) in [4.78, 5) is 0. The van der Waals surface area contributed by atoms with Crippen LogP contribution in [-0.2, 0) is 0 Å². The minimum Gasteiger partial charge on any atom is -0.0879 e. The van der Waals surface area contributed by atoms with Crippen molar-refractivity contribution in [3.8, 4) is 0 Å². The van der Waals surface area contributed by atoms with E-state index in [1.54, 1.807) is 0 Å². The molecule has 0 aromatic heterocycles. The van der Waals surface area contributed by atoms with Gasteiger partial charge < -0.3 is 0 Å². The second kappa shape index (κ2) is 5.23. The summed E-state index contributed by atoms with van der Waals surface area (Å²) in [5.41, 5.74) is 0. The molecule has 100 valence electrons. The molecule has 18 heavy (non-hydrogen) atoms. The average Bonchev–Trinajstić information content (AvgIpc) is 2.93. The molecule has 0 saturated heterocycles. The molecule has 0 amide bonds. The molecule has 3 aliphatic carbocycles. The summed E-state index contributed by atoms with van der Waals surface area (Å²) in [6, 6.07) is 0. The molecule has 0 N–H and O–H groups in total. The van der Waals surface area contributed by atoms with E-state index in [2.05, 4.69) is 38.2 Å². The fourth-order valence-corrected chi connectivity index (χ4v) is 4.38. The van der Waals surface area contributed by atoms with Crippen molar-refractivity contribution in [2.45, 2.75) is 52.4 Å². The fraction of sp³-hybridized carbons (Fsp3) is 0.778. The van der Waals surface area contributed by atoms with Gasteiger partial charge in [0.2, 0.25) is 0 Å². The Bertz CT molecular complexity index is 338. The predicted molar refractivity (Wildman–Crippen MR) is 78.3 cm³/mol. The van der Waals surface area contributed by atoms with Crippen LogP contribution < -0.4 is 0 Å². The summed E-state index contributed by atoms with van der Waals surface area (Å²) in [5, 5.41) is 0. The van der Waals surface area contributed by atoms with Gasteiger partial charge in [-0.15, -0.1) is 0 Å². The van der Waals surface area contributed by atoms with Crippen LogP contribution in [0.2, 0.25) is 0 Å². The van der Waals surface area contributed by atoms with E-state index in [0.717, 1.165) is 35.5 Å². The lowest BCUT2D eigenvalue weighted by Gasteiger charge is -2.30. The highest BCUT2D eigenvalue weighted by Gasteiger charge is 2.37. The first-order chi connectivity index (χ1) is 8.79. The highest BCUT2D eigenvalue weighted by molar-refractivity contribution is 5.11. The van der Waals surface area contributed by atoms with Gasteiger partial charge in [-0.3, -0.25) is 0 Å². The maximum Gasteiger partial charge on any atom is -0.0165 e. The molecule has 0 heteroatoms. The van der Waals surface area contributed by atoms with Gasteiger partial charge in [0, 0.05) is 0 Å². The predicted octanol–water partition coefficient (Wildman–Crippen LogP) is 5.22. The molecule has 0 heterocycles. The van der Waals surface area contributed by atoms with Crippen molar-refractivity contribution in [2.75, 3.05) is 0 Å². The van der Waals surface area contributed by atoms with E-state index in [9.17, 15) is 0 Å². The molecule has 0 bridgehead atoms. The van der Waals surface area contributed by atoms with Crippen molar-refractivity contribution < 1.29 is 0 Å². The average molecular weight is 244 g/mol. The zero-order valence-corrected chi connectivity index (χ0v) is 12.0. The molecule has 0 aromatic carbocycles. The number of hydrogen-bond acceptors (Lipinski definition) is 0. The quantitative estimate of drug-likeness (QED) is 0.595. The zero-order valence-electron chi connectivity index (χ0n) is 12.0. The van der Waals surface area contributed by atoms with E-state index in [0.29, 0.717) is 0 Å². The van der Waals surface area contributed by atoms with Gasteiger partial charge >= 0.3 is 0 Å². The Hall–Kier alpha value is -0.520. The second-order valence-electron chi connectivity index (χ2n) is 6.95. The van der Waals surface area contributed by atoms with E-state index >= 15 is 0 Å². The summed E-state index contributed by atoms with van der Waals surface area (Å²) < 4.78 is 0. The van der Waals surface area contributed by atoms with Crippen molar-refractivity contribution in [3.63, 3.8) is 0 Å². The van der Waals surface area contributed by atoms with E-state index in [4.69, 9.17) is 0 Å². The van der Waals surface area contributed by atoms with Crippen LogP contribution in [0.3, 0.4) is 0 Å². The van der Waals surface area contributed by atoms with E-state index in [-0.39, 0.29) is 0 Å². The fourth-order valence-electron chi connectivity index (χ4n) is 4.38. The first kappa shape index (κ1) is 12.5. The van der Waals surface area contributed by atoms with Crippen molar-refractivity contribution in [1.82, 2.24) is 0 Å². The number of hydrogen-bond donors (Lipinski definition) is 0. The van der Waals surface area contributed by atoms with E-state index in [1.165, 1.54) is 38.5 Å². The summed E-state index contributed by atoms with van der Waals surface area (Å²) >= 11 is 0. The van der Waals surface area contributed by atoms with Crippen LogP contribution in [0, 0.1) is 35.5 Å². The maximum atomic E-state index is 2.56. The zero-order chi connectivity index (χ0) is 12.5. The molecule has 0 aromatic rings. The van der Waals surface area contributed by atoms with Crippen LogP contribution in [0.5, 0.6) is 0 Å². The molecule has 3 aliphatic rings. The molecule has 6 unspecified atom stereocenters. The standard InChI is InChI=1S/C18H28/c1-3-14-6-4-7-15-8-5-9-17(15)18(14)11-10-16-12-13(16)2/h4-6,9,13-18H,3,7-8,10-12H2,1-2H3. The smallest absolute Gasteiger partial charge is 0.0165 e. The van der Waals surface area contributed by atoms with Gasteiger partial charge in [0.1, 0.15) is 0 Å². The molecule has 3 rings (SSSR count). The number of fused-ring (bicyclic) bond motifs is 1. The molecule has 1 saturated carbocycles. The largest absolute Gasteiger partial charge is 0.0879 e. The Labute approximate surface area is 113 Å². The molecule has 0 spiro atoms. The van der Waals surface area contributed by atoms with Crippen molar-refractivity contribution in [1.29, 1.82) is 0 Å². The summed E-state index contributed by atoms with van der Waals surface area (Å²) in [6.07, 6.45) is 18.5. The van der Waals surface area contributed by atoms with Gasteiger partial charge in [-0.1, -0.05) is 38.2 Å². The van der Waals surface area contributed by atoms with Crippen LogP contribution in [0.15, 0.2) is 24.3 Å². The molecule has 0 nitrogen and oxygen atoms in total. The Morgan fingerprint density at radius 3 is 2.44 bits per heavy atom. The molecular weight excluding hydrogens is 216 g/mol. The summed E-state index contributed by atoms with van der Waals surface area (Å²) in [6.45, 7) is 4.80. The minimum absolute atomic E-state index is 0.844. The van der Waals surface area contributed by atoms with Crippen LogP contribution in [-0.4, -0.2) is 0 Å². The molecular formula is C18H28. The van der Waals surface area contributed by atoms with Gasteiger partial charge in [-0.25, -0.2) is 0 Å². The van der Waals surface area contributed by atoms with Crippen molar-refractivity contribution >= 4 is 0 Å². The monoisotopic (exact) mass is 244 g/mol. The summed E-state index contributed by atoms with van der Waals surface area (Å²) in [7, 11) is 0. The summed E-state index contributed by atoms with van der Waals surface area (Å²) in [5.74, 6) is 5.69. The minimum atomic E-state index is 0.844. The van der Waals surface area contributed by atoms with Gasteiger partial charge in [0.05, 0.1) is 0 Å². The highest BCUT2D eigenvalue weighted by Crippen LogP contribution is 2.47. The van der Waals surface area contributed by atoms with Gasteiger partial charge in [-0.2, -0.15) is 0 Å². The van der Waals surface area contributed by atoms with Crippen LogP contribution in [0.25, 0.3) is 0 Å². The molecule has 1 fully saturated rings. The van der Waals surface area contributed by atoms with E-state index in [1.807, 2.05) is 0 Å². The third-order valence-corrected chi connectivity index (χ3v) is 5.83. The van der Waals surface area contributed by atoms with E-state index < -0.39 is 0 Å². The molecule has 6 atom stereocenters. The third kappa shape index (κ3) is 2.44. The van der Waals surface area contributed by atoms with Crippen LogP contribution >= 0.6 is 0 Å². The lowest BCUT2D eigenvalue weighted by atomic mass is 9.74. The second-order valence-corrected chi connectivity index (χ2v) is 6.95. The van der Waals surface area contributed by atoms with Gasteiger partial charge in [0.15, 0.2) is 0 Å². The van der Waals surface area contributed by atoms with Crippen molar-refractivity contribution in [2.24, 2.45) is 35.5 Å².